The van der Waals surface area contributed by atoms with Gasteiger partial charge in [-0.1, -0.05) is 29.3 Å². The Morgan fingerprint density at radius 2 is 2.00 bits per heavy atom. The number of aromatic hydroxyl groups is 1. The maximum absolute atomic E-state index is 12.6. The van der Waals surface area contributed by atoms with Crippen molar-refractivity contribution in [2.75, 3.05) is 16.6 Å². The van der Waals surface area contributed by atoms with Gasteiger partial charge < -0.3 is 10.4 Å². The van der Waals surface area contributed by atoms with Crippen molar-refractivity contribution in [3.05, 3.63) is 49.9 Å². The van der Waals surface area contributed by atoms with Gasteiger partial charge in [0.2, 0.25) is 11.7 Å². The fraction of sp³-hybridized carbons (Fsp3) is 0.353. The summed E-state index contributed by atoms with van der Waals surface area (Å²) in [5.41, 5.74) is -0.708. The summed E-state index contributed by atoms with van der Waals surface area (Å²) in [6.45, 7) is 0.317. The van der Waals surface area contributed by atoms with Crippen molar-refractivity contribution in [2.24, 2.45) is 7.05 Å². The lowest BCUT2D eigenvalue weighted by molar-refractivity contribution is 0.0942. The number of halogens is 2. The fourth-order valence-electron chi connectivity index (χ4n) is 2.91. The van der Waals surface area contributed by atoms with Gasteiger partial charge in [0, 0.05) is 20.1 Å². The molecule has 0 bridgehead atoms. The Bertz CT molecular complexity index is 1010. The SMILES string of the molecule is Cn1c(N2CCCCS2(O)O)nc(C(=O)NCc2ccc(Cl)c(Cl)c2)c(O)c1=O. The van der Waals surface area contributed by atoms with E-state index in [0.29, 0.717) is 28.5 Å². The van der Waals surface area contributed by atoms with Crippen molar-refractivity contribution in [3.63, 3.8) is 0 Å². The van der Waals surface area contributed by atoms with E-state index in [1.165, 1.54) is 11.4 Å². The topological polar surface area (TPSA) is 128 Å². The molecule has 0 aliphatic carbocycles. The number of benzene rings is 1. The molecule has 1 aromatic heterocycles. The second kappa shape index (κ2) is 8.41. The molecule has 0 unspecified atom stereocenters. The van der Waals surface area contributed by atoms with Gasteiger partial charge in [-0.05, 0) is 30.5 Å². The van der Waals surface area contributed by atoms with Crippen LogP contribution in [-0.2, 0) is 13.6 Å². The lowest BCUT2D eigenvalue weighted by Gasteiger charge is -2.46. The highest BCUT2D eigenvalue weighted by molar-refractivity contribution is 8.25. The highest BCUT2D eigenvalue weighted by Gasteiger charge is 2.32. The van der Waals surface area contributed by atoms with Gasteiger partial charge in [0.1, 0.15) is 0 Å². The van der Waals surface area contributed by atoms with Gasteiger partial charge >= 0.3 is 0 Å². The third kappa shape index (κ3) is 4.46. The third-order valence-corrected chi connectivity index (χ3v) is 7.13. The maximum atomic E-state index is 12.6. The number of amides is 1. The van der Waals surface area contributed by atoms with Gasteiger partial charge in [-0.15, -0.1) is 10.8 Å². The van der Waals surface area contributed by atoms with E-state index in [1.54, 1.807) is 18.2 Å². The third-order valence-electron chi connectivity index (χ3n) is 4.50. The molecule has 0 atom stereocenters. The van der Waals surface area contributed by atoms with Crippen molar-refractivity contribution >= 4 is 45.8 Å². The number of rotatable bonds is 4. The second-order valence-corrected chi connectivity index (χ2v) is 9.48. The first kappa shape index (κ1) is 21.7. The molecule has 1 aliphatic rings. The summed E-state index contributed by atoms with van der Waals surface area (Å²) in [5, 5.41) is 13.4. The molecule has 1 amide bonds. The molecule has 0 radical (unpaired) electrons. The Hall–Kier alpha value is -1.98. The monoisotopic (exact) mass is 462 g/mol. The number of carbonyl (C=O) groups excluding carboxylic acids is 1. The molecular formula is C17H20Cl2N4O5S. The second-order valence-electron chi connectivity index (χ2n) is 6.55. The van der Waals surface area contributed by atoms with Gasteiger partial charge in [0.15, 0.2) is 5.69 Å². The molecular weight excluding hydrogens is 443 g/mol. The molecule has 2 aromatic rings. The number of hydrogen-bond acceptors (Lipinski definition) is 7. The predicted octanol–water partition coefficient (Wildman–Crippen LogP) is 2.99. The van der Waals surface area contributed by atoms with E-state index in [2.05, 4.69) is 10.3 Å². The van der Waals surface area contributed by atoms with Crippen LogP contribution in [0.15, 0.2) is 23.0 Å². The van der Waals surface area contributed by atoms with Crippen LogP contribution < -0.4 is 15.2 Å². The number of anilines is 1. The smallest absolute Gasteiger partial charge is 0.297 e. The first-order chi connectivity index (χ1) is 13.6. The number of hydrogen-bond donors (Lipinski definition) is 4. The quantitative estimate of drug-likeness (QED) is 0.549. The van der Waals surface area contributed by atoms with E-state index >= 15 is 0 Å². The minimum absolute atomic E-state index is 0.0558. The maximum Gasteiger partial charge on any atom is 0.297 e. The summed E-state index contributed by atoms with van der Waals surface area (Å²) < 4.78 is 22.9. The molecule has 1 saturated heterocycles. The largest absolute Gasteiger partial charge is 0.501 e. The van der Waals surface area contributed by atoms with E-state index < -0.39 is 33.7 Å². The average molecular weight is 463 g/mol. The van der Waals surface area contributed by atoms with Crippen LogP contribution in [0.2, 0.25) is 10.0 Å². The molecule has 158 valence electrons. The summed E-state index contributed by atoms with van der Waals surface area (Å²) >= 11 is 11.8. The molecule has 3 rings (SSSR count). The van der Waals surface area contributed by atoms with Crippen LogP contribution in [0.25, 0.3) is 0 Å². The minimum atomic E-state index is -3.16. The Kier molecular flexibility index (Phi) is 6.30. The average Bonchev–Trinajstić information content (AvgIpc) is 2.67. The molecule has 29 heavy (non-hydrogen) atoms. The molecule has 1 aromatic carbocycles. The molecule has 9 nitrogen and oxygen atoms in total. The van der Waals surface area contributed by atoms with Crippen molar-refractivity contribution < 1.29 is 19.0 Å². The van der Waals surface area contributed by atoms with E-state index in [-0.39, 0.29) is 24.8 Å². The normalized spacial score (nSPS) is 17.1. The molecule has 4 N–H and O–H groups in total. The van der Waals surface area contributed by atoms with Crippen LogP contribution in [0, 0.1) is 0 Å². The zero-order valence-corrected chi connectivity index (χ0v) is 17.8. The van der Waals surface area contributed by atoms with Crippen molar-refractivity contribution in [2.45, 2.75) is 19.4 Å². The Labute approximate surface area is 178 Å². The number of aromatic nitrogens is 2. The standard InChI is InChI=1S/C17H20Cl2N4O5S/c1-22-16(26)14(24)13(21-17(22)23-6-2-3-7-29(23,27)28)15(25)20-9-10-4-5-11(18)12(19)8-10/h4-5,8,24,27-28H,2-3,6-7,9H2,1H3,(H,20,25). The van der Waals surface area contributed by atoms with Crippen molar-refractivity contribution in [1.29, 1.82) is 0 Å². The minimum Gasteiger partial charge on any atom is -0.501 e. The lowest BCUT2D eigenvalue weighted by atomic mass is 10.2. The fourth-order valence-corrected chi connectivity index (χ4v) is 4.89. The van der Waals surface area contributed by atoms with Crippen LogP contribution >= 0.6 is 34.0 Å². The van der Waals surface area contributed by atoms with E-state index in [4.69, 9.17) is 23.2 Å². The predicted molar refractivity (Wildman–Crippen MR) is 113 cm³/mol. The van der Waals surface area contributed by atoms with Crippen LogP contribution in [0.3, 0.4) is 0 Å². The van der Waals surface area contributed by atoms with Crippen molar-refractivity contribution in [3.8, 4) is 5.75 Å². The van der Waals surface area contributed by atoms with Crippen LogP contribution in [0.5, 0.6) is 5.75 Å². The van der Waals surface area contributed by atoms with E-state index in [1.807, 2.05) is 0 Å². The lowest BCUT2D eigenvalue weighted by Crippen LogP contribution is -2.39. The van der Waals surface area contributed by atoms with E-state index in [9.17, 15) is 23.8 Å². The van der Waals surface area contributed by atoms with Crippen LogP contribution in [-0.4, -0.2) is 42.0 Å². The Balaban J connectivity index is 1.90. The molecule has 1 aliphatic heterocycles. The van der Waals surface area contributed by atoms with Crippen molar-refractivity contribution in [1.82, 2.24) is 14.9 Å². The highest BCUT2D eigenvalue weighted by atomic mass is 35.5. The summed E-state index contributed by atoms with van der Waals surface area (Å²) in [6, 6.07) is 4.83. The molecule has 2 heterocycles. The molecule has 0 spiro atoms. The van der Waals surface area contributed by atoms with Gasteiger partial charge in [-0.3, -0.25) is 23.3 Å². The number of nitrogens with zero attached hydrogens (tertiary/aromatic N) is 3. The van der Waals surface area contributed by atoms with Gasteiger partial charge in [-0.25, -0.2) is 9.29 Å². The Morgan fingerprint density at radius 1 is 1.28 bits per heavy atom. The number of nitrogens with one attached hydrogen (secondary N) is 1. The first-order valence-corrected chi connectivity index (χ1v) is 11.1. The van der Waals surface area contributed by atoms with Gasteiger partial charge in [0.25, 0.3) is 11.5 Å². The summed E-state index contributed by atoms with van der Waals surface area (Å²) in [4.78, 5) is 29.1. The zero-order chi connectivity index (χ0) is 21.3. The summed E-state index contributed by atoms with van der Waals surface area (Å²) in [6.07, 6.45) is 1.30. The van der Waals surface area contributed by atoms with Gasteiger partial charge in [0.05, 0.1) is 15.8 Å². The van der Waals surface area contributed by atoms with Crippen LogP contribution in [0.1, 0.15) is 28.9 Å². The zero-order valence-electron chi connectivity index (χ0n) is 15.4. The van der Waals surface area contributed by atoms with E-state index in [0.717, 1.165) is 4.57 Å². The summed E-state index contributed by atoms with van der Waals surface area (Å²) in [7, 11) is -1.83. The first-order valence-electron chi connectivity index (χ1n) is 8.67. The van der Waals surface area contributed by atoms with Gasteiger partial charge in [-0.2, -0.15) is 0 Å². The summed E-state index contributed by atoms with van der Waals surface area (Å²) in [5.74, 6) is -1.56. The molecule has 0 saturated carbocycles. The Morgan fingerprint density at radius 3 is 2.66 bits per heavy atom. The van der Waals surface area contributed by atoms with Crippen LogP contribution in [0.4, 0.5) is 5.95 Å². The molecule has 12 heteroatoms. The highest BCUT2D eigenvalue weighted by Crippen LogP contribution is 2.48. The number of carbonyl (C=O) groups is 1. The molecule has 1 fully saturated rings.